The van der Waals surface area contributed by atoms with Crippen molar-refractivity contribution in [3.05, 3.63) is 92.5 Å². The Bertz CT molecular complexity index is 1680. The molecule has 3 aromatic rings. The average molecular weight is 657 g/mol. The molecule has 1 aliphatic rings. The summed E-state index contributed by atoms with van der Waals surface area (Å²) in [5.74, 6) is -0.905. The minimum absolute atomic E-state index is 0.0150. The number of anilines is 1. The van der Waals surface area contributed by atoms with Gasteiger partial charge in [-0.3, -0.25) is 24.0 Å². The first-order valence-electron chi connectivity index (χ1n) is 14.6. The van der Waals surface area contributed by atoms with Crippen LogP contribution in [0.3, 0.4) is 0 Å². The third-order valence-corrected chi connectivity index (χ3v) is 9.99. The highest BCUT2D eigenvalue weighted by Gasteiger charge is 2.35. The molecule has 0 unspecified atom stereocenters. The highest BCUT2D eigenvalue weighted by atomic mass is 35.5. The summed E-state index contributed by atoms with van der Waals surface area (Å²) in [7, 11) is -3.26. The first-order valence-corrected chi connectivity index (χ1v) is 16.4. The van der Waals surface area contributed by atoms with Crippen molar-refractivity contribution in [1.82, 2.24) is 10.2 Å². The summed E-state index contributed by atoms with van der Waals surface area (Å²) in [6.45, 7) is 4.33. The largest absolute Gasteiger partial charge is 0.495 e. The van der Waals surface area contributed by atoms with E-state index in [2.05, 4.69) is 5.32 Å². The molecule has 240 valence electrons. The molecule has 2 amide bonds. The van der Waals surface area contributed by atoms with Crippen LogP contribution in [0.1, 0.15) is 49.3 Å². The van der Waals surface area contributed by atoms with Crippen LogP contribution in [0.5, 0.6) is 5.75 Å². The van der Waals surface area contributed by atoms with Crippen LogP contribution in [0.15, 0.2) is 65.6 Å². The van der Waals surface area contributed by atoms with Gasteiger partial charge in [0.25, 0.3) is 15.7 Å². The second-order valence-electron chi connectivity index (χ2n) is 11.2. The van der Waals surface area contributed by atoms with Crippen LogP contribution in [0.4, 0.5) is 11.4 Å². The Kier molecular flexibility index (Phi) is 10.7. The SMILES string of the molecule is COc1ccc(Cl)cc1N(CC(=O)N(Cc1ccc(C)cc1)[C@@H](C)C(=O)NC1CCCC1)S(=O)(=O)c1ccc(C)c([N+](=O)[O-])c1. The van der Waals surface area contributed by atoms with Gasteiger partial charge in [0.1, 0.15) is 18.3 Å². The molecule has 1 N–H and O–H groups in total. The Morgan fingerprint density at radius 3 is 2.36 bits per heavy atom. The van der Waals surface area contributed by atoms with E-state index in [0.717, 1.165) is 47.2 Å². The first kappa shape index (κ1) is 33.7. The Balaban J connectivity index is 1.78. The first-order chi connectivity index (χ1) is 21.3. The number of hydrogen-bond acceptors (Lipinski definition) is 7. The Hall–Kier alpha value is -4.16. The predicted octanol–water partition coefficient (Wildman–Crippen LogP) is 5.55. The summed E-state index contributed by atoms with van der Waals surface area (Å²) >= 11 is 6.28. The predicted molar refractivity (Wildman–Crippen MR) is 172 cm³/mol. The third-order valence-electron chi connectivity index (χ3n) is 8.00. The standard InChI is InChI=1S/C32H37ClN4O7S/c1-21-9-12-24(13-10-21)19-35(23(3)32(39)34-26-7-5-6-8-26)31(38)20-36(29-17-25(33)14-16-30(29)44-4)45(42,43)27-15-11-22(2)28(18-27)37(40)41/h9-18,23,26H,5-8,19-20H2,1-4H3,(H,34,39)/t23-/m0/s1. The maximum Gasteiger partial charge on any atom is 0.273 e. The number of carbonyl (C=O) groups excluding carboxylic acids is 2. The molecule has 0 bridgehead atoms. The lowest BCUT2D eigenvalue weighted by Crippen LogP contribution is -2.52. The Labute approximate surface area is 268 Å². The zero-order chi connectivity index (χ0) is 32.9. The van der Waals surface area contributed by atoms with E-state index >= 15 is 0 Å². The van der Waals surface area contributed by atoms with Crippen molar-refractivity contribution >= 4 is 44.8 Å². The van der Waals surface area contributed by atoms with Crippen molar-refractivity contribution in [2.45, 2.75) is 70.0 Å². The van der Waals surface area contributed by atoms with Gasteiger partial charge in [0.15, 0.2) is 0 Å². The van der Waals surface area contributed by atoms with Crippen LogP contribution >= 0.6 is 11.6 Å². The highest BCUT2D eigenvalue weighted by Crippen LogP contribution is 2.36. The molecule has 1 aliphatic carbocycles. The highest BCUT2D eigenvalue weighted by molar-refractivity contribution is 7.92. The maximum atomic E-state index is 14.2. The number of nitro benzene ring substituents is 1. The average Bonchev–Trinajstić information content (AvgIpc) is 3.52. The number of hydrogen-bond donors (Lipinski definition) is 1. The van der Waals surface area contributed by atoms with Crippen molar-refractivity contribution in [3.63, 3.8) is 0 Å². The zero-order valence-electron chi connectivity index (χ0n) is 25.7. The number of rotatable bonds is 12. The number of sulfonamides is 1. The van der Waals surface area contributed by atoms with Crippen LogP contribution in [0, 0.1) is 24.0 Å². The molecule has 0 heterocycles. The fourth-order valence-corrected chi connectivity index (χ4v) is 6.91. The van der Waals surface area contributed by atoms with Crippen LogP contribution in [0.25, 0.3) is 0 Å². The molecule has 3 aromatic carbocycles. The molecule has 1 fully saturated rings. The van der Waals surface area contributed by atoms with E-state index in [0.29, 0.717) is 0 Å². The van der Waals surface area contributed by atoms with Crippen LogP contribution < -0.4 is 14.4 Å². The summed E-state index contributed by atoms with van der Waals surface area (Å²) in [6, 6.07) is 14.4. The van der Waals surface area contributed by atoms with Gasteiger partial charge in [0.05, 0.1) is 22.6 Å². The molecule has 0 radical (unpaired) electrons. The minimum Gasteiger partial charge on any atom is -0.495 e. The van der Waals surface area contributed by atoms with Crippen molar-refractivity contribution in [2.75, 3.05) is 18.0 Å². The number of nitrogens with zero attached hydrogens (tertiary/aromatic N) is 3. The lowest BCUT2D eigenvalue weighted by molar-refractivity contribution is -0.385. The Morgan fingerprint density at radius 1 is 1.07 bits per heavy atom. The normalized spacial score (nSPS) is 14.1. The van der Waals surface area contributed by atoms with Crippen LogP contribution in [0.2, 0.25) is 5.02 Å². The molecular weight excluding hydrogens is 620 g/mol. The second kappa shape index (κ2) is 14.3. The number of nitro groups is 1. The smallest absolute Gasteiger partial charge is 0.273 e. The molecule has 1 atom stereocenters. The van der Waals surface area contributed by atoms with Crippen molar-refractivity contribution < 1.29 is 27.7 Å². The summed E-state index contributed by atoms with van der Waals surface area (Å²) in [6.07, 6.45) is 3.73. The monoisotopic (exact) mass is 656 g/mol. The van der Waals surface area contributed by atoms with E-state index in [9.17, 15) is 28.1 Å². The molecule has 0 spiro atoms. The van der Waals surface area contributed by atoms with E-state index in [1.807, 2.05) is 31.2 Å². The van der Waals surface area contributed by atoms with Gasteiger partial charge in [0.2, 0.25) is 11.8 Å². The third kappa shape index (κ3) is 7.93. The van der Waals surface area contributed by atoms with Crippen LogP contribution in [-0.4, -0.2) is 55.8 Å². The molecular formula is C32H37ClN4O7S. The minimum atomic E-state index is -4.61. The molecule has 11 nitrogen and oxygen atoms in total. The van der Waals surface area contributed by atoms with Gasteiger partial charge in [-0.1, -0.05) is 60.3 Å². The van der Waals surface area contributed by atoms with Gasteiger partial charge < -0.3 is 15.0 Å². The van der Waals surface area contributed by atoms with Gasteiger partial charge >= 0.3 is 0 Å². The quantitative estimate of drug-likeness (QED) is 0.199. The molecule has 0 saturated heterocycles. The number of aryl methyl sites for hydroxylation is 2. The van der Waals surface area contributed by atoms with Gasteiger partial charge in [-0.05, 0) is 63.4 Å². The van der Waals surface area contributed by atoms with Gasteiger partial charge in [-0.2, -0.15) is 0 Å². The van der Waals surface area contributed by atoms with E-state index in [-0.39, 0.29) is 40.5 Å². The number of ether oxygens (including phenoxy) is 1. The summed E-state index contributed by atoms with van der Waals surface area (Å²) in [4.78, 5) is 39.6. The number of methoxy groups -OCH3 is 1. The number of benzene rings is 3. The van der Waals surface area contributed by atoms with E-state index in [4.69, 9.17) is 16.3 Å². The van der Waals surface area contributed by atoms with Crippen LogP contribution in [-0.2, 0) is 26.2 Å². The van der Waals surface area contributed by atoms with Gasteiger partial charge in [-0.25, -0.2) is 8.42 Å². The molecule has 0 aliphatic heterocycles. The van der Waals surface area contributed by atoms with Gasteiger partial charge in [-0.15, -0.1) is 0 Å². The molecule has 45 heavy (non-hydrogen) atoms. The zero-order valence-corrected chi connectivity index (χ0v) is 27.2. The van der Waals surface area contributed by atoms with Crippen molar-refractivity contribution in [1.29, 1.82) is 0 Å². The number of amides is 2. The van der Waals surface area contributed by atoms with Crippen molar-refractivity contribution in [3.8, 4) is 5.75 Å². The van der Waals surface area contributed by atoms with Gasteiger partial charge in [0, 0.05) is 29.2 Å². The molecule has 13 heteroatoms. The lowest BCUT2D eigenvalue weighted by Gasteiger charge is -2.33. The molecule has 4 rings (SSSR count). The molecule has 0 aromatic heterocycles. The maximum absolute atomic E-state index is 14.2. The number of halogens is 1. The summed E-state index contributed by atoms with van der Waals surface area (Å²) in [5, 5.41) is 14.9. The molecule has 1 saturated carbocycles. The lowest BCUT2D eigenvalue weighted by atomic mass is 10.1. The van der Waals surface area contributed by atoms with E-state index in [1.54, 1.807) is 6.92 Å². The number of nitrogens with one attached hydrogen (secondary N) is 1. The second-order valence-corrected chi connectivity index (χ2v) is 13.5. The fourth-order valence-electron chi connectivity index (χ4n) is 5.31. The fraction of sp³-hybridized carbons (Fsp3) is 0.375. The van der Waals surface area contributed by atoms with Crippen molar-refractivity contribution in [2.24, 2.45) is 0 Å². The van der Waals surface area contributed by atoms with E-state index in [1.165, 1.54) is 49.3 Å². The summed E-state index contributed by atoms with van der Waals surface area (Å²) in [5.41, 5.74) is 1.60. The van der Waals surface area contributed by atoms with E-state index < -0.39 is 44.0 Å². The summed E-state index contributed by atoms with van der Waals surface area (Å²) < 4.78 is 34.7. The Morgan fingerprint density at radius 2 is 1.73 bits per heavy atom. The number of carbonyl (C=O) groups is 2. The topological polar surface area (TPSA) is 139 Å².